The SMILES string of the molecule is c1ccc(-n2ncc3c2-c2ccncc2CC3)cc1. The number of para-hydroxylation sites is 1. The normalized spacial score (nSPS) is 12.8. The van der Waals surface area contributed by atoms with E-state index in [1.54, 1.807) is 0 Å². The highest BCUT2D eigenvalue weighted by atomic mass is 15.3. The van der Waals surface area contributed by atoms with Crippen molar-refractivity contribution in [3.8, 4) is 16.9 Å². The lowest BCUT2D eigenvalue weighted by Crippen LogP contribution is -2.07. The molecule has 3 nitrogen and oxygen atoms in total. The molecule has 0 saturated heterocycles. The molecule has 0 unspecified atom stereocenters. The van der Waals surface area contributed by atoms with Crippen LogP contribution in [0.25, 0.3) is 16.9 Å². The molecule has 1 aliphatic rings. The summed E-state index contributed by atoms with van der Waals surface area (Å²) in [5.41, 5.74) is 6.22. The zero-order valence-corrected chi connectivity index (χ0v) is 10.5. The van der Waals surface area contributed by atoms with Crippen LogP contribution in [0.4, 0.5) is 0 Å². The van der Waals surface area contributed by atoms with Crippen LogP contribution in [0.15, 0.2) is 55.0 Å². The third-order valence-electron chi connectivity index (χ3n) is 3.67. The molecule has 2 heterocycles. The second kappa shape index (κ2) is 4.05. The predicted octanol–water partition coefficient (Wildman–Crippen LogP) is 3.03. The first-order valence-electron chi connectivity index (χ1n) is 6.49. The number of pyridine rings is 1. The van der Waals surface area contributed by atoms with Crippen molar-refractivity contribution < 1.29 is 0 Å². The Hall–Kier alpha value is -2.42. The van der Waals surface area contributed by atoms with E-state index in [4.69, 9.17) is 0 Å². The average Bonchev–Trinajstić information content (AvgIpc) is 2.92. The molecule has 0 spiro atoms. The van der Waals surface area contributed by atoms with Crippen molar-refractivity contribution in [3.63, 3.8) is 0 Å². The van der Waals surface area contributed by atoms with Crippen molar-refractivity contribution in [2.45, 2.75) is 12.8 Å². The molecule has 0 radical (unpaired) electrons. The van der Waals surface area contributed by atoms with E-state index < -0.39 is 0 Å². The first-order chi connectivity index (χ1) is 9.43. The van der Waals surface area contributed by atoms with Gasteiger partial charge in [-0.15, -0.1) is 0 Å². The summed E-state index contributed by atoms with van der Waals surface area (Å²) in [6.45, 7) is 0. The van der Waals surface area contributed by atoms with E-state index in [2.05, 4.69) is 28.3 Å². The highest BCUT2D eigenvalue weighted by molar-refractivity contribution is 5.70. The van der Waals surface area contributed by atoms with E-state index >= 15 is 0 Å². The number of aromatic nitrogens is 3. The maximum atomic E-state index is 4.56. The predicted molar refractivity (Wildman–Crippen MR) is 74.2 cm³/mol. The summed E-state index contributed by atoms with van der Waals surface area (Å²) in [6, 6.07) is 12.4. The van der Waals surface area contributed by atoms with E-state index in [-0.39, 0.29) is 0 Å². The Morgan fingerprint density at radius 1 is 0.895 bits per heavy atom. The van der Waals surface area contributed by atoms with Gasteiger partial charge in [-0.3, -0.25) is 4.98 Å². The van der Waals surface area contributed by atoms with Crippen molar-refractivity contribution in [1.82, 2.24) is 14.8 Å². The molecular formula is C16H13N3. The van der Waals surface area contributed by atoms with E-state index in [1.165, 1.54) is 22.4 Å². The van der Waals surface area contributed by atoms with Gasteiger partial charge in [0.1, 0.15) is 0 Å². The molecule has 4 rings (SSSR count). The van der Waals surface area contributed by atoms with Gasteiger partial charge in [0.05, 0.1) is 17.6 Å². The van der Waals surface area contributed by atoms with Crippen LogP contribution in [0.3, 0.4) is 0 Å². The van der Waals surface area contributed by atoms with Crippen molar-refractivity contribution in [1.29, 1.82) is 0 Å². The van der Waals surface area contributed by atoms with E-state index in [0.29, 0.717) is 0 Å². The van der Waals surface area contributed by atoms with Crippen LogP contribution in [0.2, 0.25) is 0 Å². The Kier molecular flexibility index (Phi) is 2.24. The summed E-state index contributed by atoms with van der Waals surface area (Å²) >= 11 is 0. The zero-order chi connectivity index (χ0) is 12.7. The number of aryl methyl sites for hydroxylation is 2. The molecule has 0 fully saturated rings. The van der Waals surface area contributed by atoms with Gasteiger partial charge in [0.15, 0.2) is 0 Å². The summed E-state index contributed by atoms with van der Waals surface area (Å²) in [5, 5.41) is 4.56. The summed E-state index contributed by atoms with van der Waals surface area (Å²) < 4.78 is 2.04. The summed E-state index contributed by atoms with van der Waals surface area (Å²) in [4.78, 5) is 4.23. The highest BCUT2D eigenvalue weighted by Gasteiger charge is 2.21. The van der Waals surface area contributed by atoms with E-state index in [0.717, 1.165) is 18.5 Å². The van der Waals surface area contributed by atoms with Gasteiger partial charge in [0.2, 0.25) is 0 Å². The first-order valence-corrected chi connectivity index (χ1v) is 6.49. The Bertz CT molecular complexity index is 729. The number of benzene rings is 1. The maximum absolute atomic E-state index is 4.56. The van der Waals surface area contributed by atoms with Gasteiger partial charge in [-0.25, -0.2) is 4.68 Å². The minimum atomic E-state index is 1.04. The van der Waals surface area contributed by atoms with Gasteiger partial charge in [-0.1, -0.05) is 18.2 Å². The van der Waals surface area contributed by atoms with Gasteiger partial charge in [-0.05, 0) is 42.2 Å². The third kappa shape index (κ3) is 1.58. The fourth-order valence-electron chi connectivity index (χ4n) is 2.74. The number of nitrogens with zero attached hydrogens (tertiary/aromatic N) is 3. The third-order valence-corrected chi connectivity index (χ3v) is 3.67. The van der Waals surface area contributed by atoms with Crippen LogP contribution in [0.5, 0.6) is 0 Å². The van der Waals surface area contributed by atoms with Gasteiger partial charge in [-0.2, -0.15) is 5.10 Å². The number of rotatable bonds is 1. The van der Waals surface area contributed by atoms with E-state index in [1.807, 2.05) is 41.5 Å². The van der Waals surface area contributed by atoms with Crippen molar-refractivity contribution in [3.05, 3.63) is 66.1 Å². The fraction of sp³-hybridized carbons (Fsp3) is 0.125. The number of hydrogen-bond acceptors (Lipinski definition) is 2. The molecule has 0 N–H and O–H groups in total. The van der Waals surface area contributed by atoms with Crippen molar-refractivity contribution >= 4 is 0 Å². The first kappa shape index (κ1) is 10.5. The highest BCUT2D eigenvalue weighted by Crippen LogP contribution is 2.34. The lowest BCUT2D eigenvalue weighted by Gasteiger charge is -2.17. The molecular weight excluding hydrogens is 234 g/mol. The topological polar surface area (TPSA) is 30.7 Å². The largest absolute Gasteiger partial charge is 0.264 e. The minimum Gasteiger partial charge on any atom is -0.264 e. The average molecular weight is 247 g/mol. The monoisotopic (exact) mass is 247 g/mol. The molecule has 2 aromatic heterocycles. The Morgan fingerprint density at radius 3 is 2.63 bits per heavy atom. The molecule has 0 amide bonds. The molecule has 0 aliphatic heterocycles. The summed E-state index contributed by atoms with van der Waals surface area (Å²) in [6.07, 6.45) is 7.92. The molecule has 0 atom stereocenters. The van der Waals surface area contributed by atoms with Crippen LogP contribution in [-0.4, -0.2) is 14.8 Å². The van der Waals surface area contributed by atoms with Crippen molar-refractivity contribution in [2.24, 2.45) is 0 Å². The summed E-state index contributed by atoms with van der Waals surface area (Å²) in [5.74, 6) is 0. The second-order valence-electron chi connectivity index (χ2n) is 4.80. The van der Waals surface area contributed by atoms with Crippen LogP contribution in [0.1, 0.15) is 11.1 Å². The molecule has 92 valence electrons. The van der Waals surface area contributed by atoms with Crippen LogP contribution in [0, 0.1) is 0 Å². The maximum Gasteiger partial charge on any atom is 0.0776 e. The van der Waals surface area contributed by atoms with E-state index in [9.17, 15) is 0 Å². The zero-order valence-electron chi connectivity index (χ0n) is 10.5. The Balaban J connectivity index is 1.97. The lowest BCUT2D eigenvalue weighted by atomic mass is 9.92. The van der Waals surface area contributed by atoms with Crippen LogP contribution < -0.4 is 0 Å². The standard InChI is InChI=1S/C16H13N3/c1-2-4-14(5-3-1)19-16-13(11-18-19)7-6-12-10-17-9-8-15(12)16/h1-5,8-11H,6-7H2. The van der Waals surface area contributed by atoms with Gasteiger partial charge >= 0.3 is 0 Å². The number of fused-ring (bicyclic) bond motifs is 3. The molecule has 1 aromatic carbocycles. The molecule has 3 heteroatoms. The second-order valence-corrected chi connectivity index (χ2v) is 4.80. The van der Waals surface area contributed by atoms with Crippen molar-refractivity contribution in [2.75, 3.05) is 0 Å². The molecule has 3 aromatic rings. The fourth-order valence-corrected chi connectivity index (χ4v) is 2.74. The lowest BCUT2D eigenvalue weighted by molar-refractivity contribution is 0.873. The molecule has 1 aliphatic carbocycles. The Morgan fingerprint density at radius 2 is 1.74 bits per heavy atom. The molecule has 0 saturated carbocycles. The van der Waals surface area contributed by atoms with Crippen LogP contribution in [-0.2, 0) is 12.8 Å². The Labute approximate surface area is 111 Å². The van der Waals surface area contributed by atoms with Crippen LogP contribution >= 0.6 is 0 Å². The summed E-state index contributed by atoms with van der Waals surface area (Å²) in [7, 11) is 0. The number of hydrogen-bond donors (Lipinski definition) is 0. The van der Waals surface area contributed by atoms with Gasteiger partial charge in [0, 0.05) is 18.0 Å². The van der Waals surface area contributed by atoms with Gasteiger partial charge in [0.25, 0.3) is 0 Å². The molecule has 19 heavy (non-hydrogen) atoms. The van der Waals surface area contributed by atoms with Gasteiger partial charge < -0.3 is 0 Å². The minimum absolute atomic E-state index is 1.04. The molecule has 0 bridgehead atoms. The quantitative estimate of drug-likeness (QED) is 0.661. The smallest absolute Gasteiger partial charge is 0.0776 e.